The van der Waals surface area contributed by atoms with Crippen LogP contribution < -0.4 is 14.9 Å². The summed E-state index contributed by atoms with van der Waals surface area (Å²) in [6.45, 7) is 2.44. The van der Waals surface area contributed by atoms with Crippen molar-refractivity contribution in [3.8, 4) is 11.5 Å². The van der Waals surface area contributed by atoms with Gasteiger partial charge in [-0.25, -0.2) is 10.2 Å². The summed E-state index contributed by atoms with van der Waals surface area (Å²) >= 11 is 0. The minimum Gasteiger partial charge on any atom is -0.494 e. The van der Waals surface area contributed by atoms with Crippen molar-refractivity contribution in [2.45, 2.75) is 13.0 Å². The van der Waals surface area contributed by atoms with E-state index < -0.39 is 18.0 Å². The van der Waals surface area contributed by atoms with Gasteiger partial charge in [-0.05, 0) is 66.6 Å². The van der Waals surface area contributed by atoms with Crippen LogP contribution in [0.25, 0.3) is 0 Å². The fourth-order valence-corrected chi connectivity index (χ4v) is 2.66. The van der Waals surface area contributed by atoms with Crippen LogP contribution in [0.4, 0.5) is 0 Å². The van der Waals surface area contributed by atoms with Gasteiger partial charge < -0.3 is 14.6 Å². The first-order valence-electron chi connectivity index (χ1n) is 9.68. The van der Waals surface area contributed by atoms with Gasteiger partial charge in [0.05, 0.1) is 18.4 Å². The summed E-state index contributed by atoms with van der Waals surface area (Å²) in [5.74, 6) is -0.0550. The molecule has 158 valence electrons. The molecule has 0 heterocycles. The van der Waals surface area contributed by atoms with Crippen molar-refractivity contribution in [3.63, 3.8) is 0 Å². The SMILES string of the molecule is CCOc1ccc(C(=O)Oc2ccc(/C=N\NC(=O)[C@@H](O)c3ccccc3)cc2)cc1. The first-order valence-corrected chi connectivity index (χ1v) is 9.68. The van der Waals surface area contributed by atoms with E-state index in [1.165, 1.54) is 6.21 Å². The number of amides is 1. The molecule has 0 radical (unpaired) electrons. The molecule has 3 aromatic rings. The normalized spacial score (nSPS) is 11.7. The highest BCUT2D eigenvalue weighted by Gasteiger charge is 2.16. The molecule has 0 aromatic heterocycles. The van der Waals surface area contributed by atoms with E-state index in [-0.39, 0.29) is 0 Å². The maximum Gasteiger partial charge on any atom is 0.343 e. The number of benzene rings is 3. The van der Waals surface area contributed by atoms with Crippen LogP contribution in [-0.4, -0.2) is 29.8 Å². The minimum absolute atomic E-state index is 0.375. The van der Waals surface area contributed by atoms with E-state index in [0.717, 1.165) is 0 Å². The summed E-state index contributed by atoms with van der Waals surface area (Å²) in [6.07, 6.45) is 0.121. The van der Waals surface area contributed by atoms with Gasteiger partial charge in [0, 0.05) is 0 Å². The Labute approximate surface area is 179 Å². The zero-order chi connectivity index (χ0) is 22.1. The third-order valence-electron chi connectivity index (χ3n) is 4.24. The van der Waals surface area contributed by atoms with Crippen LogP contribution >= 0.6 is 0 Å². The second kappa shape index (κ2) is 10.7. The average Bonchev–Trinajstić information content (AvgIpc) is 2.81. The number of hydrazone groups is 1. The quantitative estimate of drug-likeness (QED) is 0.253. The first kappa shape index (κ1) is 21.7. The van der Waals surface area contributed by atoms with Gasteiger partial charge in [-0.2, -0.15) is 5.10 Å². The molecule has 1 atom stereocenters. The zero-order valence-corrected chi connectivity index (χ0v) is 16.9. The lowest BCUT2D eigenvalue weighted by atomic mass is 10.1. The molecule has 0 fully saturated rings. The summed E-state index contributed by atoms with van der Waals surface area (Å²) in [6, 6.07) is 21.9. The molecule has 0 saturated heterocycles. The van der Waals surface area contributed by atoms with Gasteiger partial charge in [-0.15, -0.1) is 0 Å². The Morgan fingerprint density at radius 2 is 1.61 bits per heavy atom. The lowest BCUT2D eigenvalue weighted by Gasteiger charge is -2.08. The first-order chi connectivity index (χ1) is 15.1. The van der Waals surface area contributed by atoms with Crippen molar-refractivity contribution in [2.75, 3.05) is 6.61 Å². The molecule has 31 heavy (non-hydrogen) atoms. The maximum absolute atomic E-state index is 12.2. The number of carbonyl (C=O) groups excluding carboxylic acids is 2. The third kappa shape index (κ3) is 6.25. The number of carbonyl (C=O) groups is 2. The van der Waals surface area contributed by atoms with E-state index in [0.29, 0.717) is 34.8 Å². The van der Waals surface area contributed by atoms with Crippen molar-refractivity contribution in [3.05, 3.63) is 95.6 Å². The van der Waals surface area contributed by atoms with Crippen LogP contribution in [0.1, 0.15) is 34.5 Å². The van der Waals surface area contributed by atoms with E-state index in [9.17, 15) is 14.7 Å². The van der Waals surface area contributed by atoms with E-state index >= 15 is 0 Å². The van der Waals surface area contributed by atoms with Crippen molar-refractivity contribution >= 4 is 18.1 Å². The van der Waals surface area contributed by atoms with Crippen molar-refractivity contribution < 1.29 is 24.2 Å². The summed E-state index contributed by atoms with van der Waals surface area (Å²) in [4.78, 5) is 24.2. The van der Waals surface area contributed by atoms with Crippen molar-refractivity contribution in [2.24, 2.45) is 5.10 Å². The van der Waals surface area contributed by atoms with Gasteiger partial charge in [-0.3, -0.25) is 4.79 Å². The third-order valence-corrected chi connectivity index (χ3v) is 4.24. The molecule has 7 nitrogen and oxygen atoms in total. The molecular formula is C24H22N2O5. The fourth-order valence-electron chi connectivity index (χ4n) is 2.66. The van der Waals surface area contributed by atoms with Crippen LogP contribution in [0.5, 0.6) is 11.5 Å². The maximum atomic E-state index is 12.2. The van der Waals surface area contributed by atoms with Gasteiger partial charge in [0.1, 0.15) is 11.5 Å². The summed E-state index contributed by atoms with van der Waals surface area (Å²) < 4.78 is 10.7. The van der Waals surface area contributed by atoms with Gasteiger partial charge in [0.2, 0.25) is 0 Å². The standard InChI is InChI=1S/C24H22N2O5/c1-2-30-20-14-10-19(11-15-20)24(29)31-21-12-8-17(9-13-21)16-25-26-23(28)22(27)18-6-4-3-5-7-18/h3-16,22,27H,2H2,1H3,(H,26,28)/b25-16-/t22-/m0/s1. The van der Waals surface area contributed by atoms with Crippen molar-refractivity contribution in [1.82, 2.24) is 5.43 Å². The highest BCUT2D eigenvalue weighted by molar-refractivity contribution is 5.91. The molecular weight excluding hydrogens is 396 g/mol. The van der Waals surface area contributed by atoms with Crippen molar-refractivity contribution in [1.29, 1.82) is 0 Å². The summed E-state index contributed by atoms with van der Waals surface area (Å²) in [5.41, 5.74) is 3.86. The predicted octanol–water partition coefficient (Wildman–Crippen LogP) is 3.49. The van der Waals surface area contributed by atoms with E-state index in [1.54, 1.807) is 78.9 Å². The molecule has 3 rings (SSSR count). The highest BCUT2D eigenvalue weighted by Crippen LogP contribution is 2.16. The Morgan fingerprint density at radius 1 is 0.968 bits per heavy atom. The molecule has 2 N–H and O–H groups in total. The van der Waals surface area contributed by atoms with E-state index in [1.807, 2.05) is 6.92 Å². The van der Waals surface area contributed by atoms with Crippen LogP contribution in [0.15, 0.2) is 84.0 Å². The predicted molar refractivity (Wildman–Crippen MR) is 116 cm³/mol. The van der Waals surface area contributed by atoms with Crippen LogP contribution in [-0.2, 0) is 4.79 Å². The lowest BCUT2D eigenvalue weighted by Crippen LogP contribution is -2.25. The monoisotopic (exact) mass is 418 g/mol. The molecule has 7 heteroatoms. The summed E-state index contributed by atoms with van der Waals surface area (Å²) in [7, 11) is 0. The molecule has 0 bridgehead atoms. The molecule has 0 aliphatic carbocycles. The number of aliphatic hydroxyl groups is 1. The molecule has 0 unspecified atom stereocenters. The summed E-state index contributed by atoms with van der Waals surface area (Å²) in [5, 5.41) is 13.8. The Kier molecular flexibility index (Phi) is 7.50. The molecule has 1 amide bonds. The number of hydrogen-bond donors (Lipinski definition) is 2. The van der Waals surface area contributed by atoms with Gasteiger partial charge in [0.25, 0.3) is 5.91 Å². The highest BCUT2D eigenvalue weighted by atomic mass is 16.5. The molecule has 3 aromatic carbocycles. The molecule has 0 aliphatic heterocycles. The minimum atomic E-state index is -1.30. The second-order valence-corrected chi connectivity index (χ2v) is 6.46. The smallest absolute Gasteiger partial charge is 0.343 e. The topological polar surface area (TPSA) is 97.2 Å². The van der Waals surface area contributed by atoms with E-state index in [4.69, 9.17) is 9.47 Å². The largest absolute Gasteiger partial charge is 0.494 e. The van der Waals surface area contributed by atoms with E-state index in [2.05, 4.69) is 10.5 Å². The average molecular weight is 418 g/mol. The molecule has 0 aliphatic rings. The number of aliphatic hydroxyl groups excluding tert-OH is 1. The van der Waals surface area contributed by atoms with Gasteiger partial charge in [-0.1, -0.05) is 30.3 Å². The molecule has 0 saturated carbocycles. The van der Waals surface area contributed by atoms with Crippen LogP contribution in [0.3, 0.4) is 0 Å². The zero-order valence-electron chi connectivity index (χ0n) is 16.9. The van der Waals surface area contributed by atoms with Gasteiger partial charge in [0.15, 0.2) is 6.10 Å². The van der Waals surface area contributed by atoms with Crippen LogP contribution in [0.2, 0.25) is 0 Å². The Balaban J connectivity index is 1.52. The lowest BCUT2D eigenvalue weighted by molar-refractivity contribution is -0.129. The number of hydrogen-bond acceptors (Lipinski definition) is 6. The number of rotatable bonds is 8. The number of nitrogens with one attached hydrogen (secondary N) is 1. The molecule has 0 spiro atoms. The fraction of sp³-hybridized carbons (Fsp3) is 0.125. The number of ether oxygens (including phenoxy) is 2. The van der Waals surface area contributed by atoms with Crippen LogP contribution in [0, 0.1) is 0 Å². The van der Waals surface area contributed by atoms with Gasteiger partial charge >= 0.3 is 5.97 Å². The second-order valence-electron chi connectivity index (χ2n) is 6.46. The Bertz CT molecular complexity index is 1030. The number of nitrogens with zero attached hydrogens (tertiary/aromatic N) is 1. The Morgan fingerprint density at radius 3 is 2.26 bits per heavy atom. The number of esters is 1. The Hall–Kier alpha value is -3.97.